The third-order valence-corrected chi connectivity index (χ3v) is 3.97. The molecule has 1 N–H and O–H groups in total. The first-order valence-electron chi connectivity index (χ1n) is 8.85. The molecule has 0 aliphatic heterocycles. The van der Waals surface area contributed by atoms with E-state index >= 15 is 0 Å². The minimum Gasteiger partial charge on any atom is -0.497 e. The molecule has 2 aromatic rings. The van der Waals surface area contributed by atoms with Crippen LogP contribution in [0.15, 0.2) is 48.5 Å². The fourth-order valence-corrected chi connectivity index (χ4v) is 2.45. The molecule has 0 heterocycles. The molecule has 0 bridgehead atoms. The highest BCUT2D eigenvalue weighted by Gasteiger charge is 2.18. The second-order valence-electron chi connectivity index (χ2n) is 6.12. The molecular weight excluding hydrogens is 330 g/mol. The fraction of sp³-hybridized carbons (Fsp3) is 0.381. The minimum atomic E-state index is -0.578. The molecule has 0 radical (unpaired) electrons. The summed E-state index contributed by atoms with van der Waals surface area (Å²) in [5.41, 5.74) is 1.09. The number of nitrogens with one attached hydrogen (secondary N) is 1. The molecule has 140 valence electrons. The molecule has 0 saturated heterocycles. The number of carbonyl (C=O) groups is 1. The average Bonchev–Trinajstić information content (AvgIpc) is 2.67. The second-order valence-corrected chi connectivity index (χ2v) is 6.12. The highest BCUT2D eigenvalue weighted by molar-refractivity contribution is 5.81. The van der Waals surface area contributed by atoms with Gasteiger partial charge in [-0.2, -0.15) is 0 Å². The van der Waals surface area contributed by atoms with E-state index in [1.165, 1.54) is 0 Å². The van der Waals surface area contributed by atoms with Crippen molar-refractivity contribution in [1.29, 1.82) is 0 Å². The predicted octanol–water partition coefficient (Wildman–Crippen LogP) is 3.61. The van der Waals surface area contributed by atoms with Crippen molar-refractivity contribution >= 4 is 5.91 Å². The smallest absolute Gasteiger partial charge is 0.261 e. The van der Waals surface area contributed by atoms with Crippen molar-refractivity contribution in [3.63, 3.8) is 0 Å². The van der Waals surface area contributed by atoms with Crippen molar-refractivity contribution in [2.24, 2.45) is 0 Å². The third kappa shape index (κ3) is 5.69. The van der Waals surface area contributed by atoms with Gasteiger partial charge in [0.25, 0.3) is 5.91 Å². The number of para-hydroxylation sites is 1. The van der Waals surface area contributed by atoms with Gasteiger partial charge in [0.1, 0.15) is 23.9 Å². The zero-order valence-electron chi connectivity index (χ0n) is 15.8. The van der Waals surface area contributed by atoms with Crippen molar-refractivity contribution in [3.8, 4) is 17.2 Å². The van der Waals surface area contributed by atoms with E-state index < -0.39 is 6.10 Å². The quantitative estimate of drug-likeness (QED) is 0.745. The van der Waals surface area contributed by atoms with Gasteiger partial charge in [-0.15, -0.1) is 0 Å². The Balaban J connectivity index is 1.81. The Morgan fingerprint density at radius 2 is 1.69 bits per heavy atom. The Kier molecular flexibility index (Phi) is 7.33. The van der Waals surface area contributed by atoms with Crippen LogP contribution in [-0.4, -0.2) is 31.8 Å². The van der Waals surface area contributed by atoms with Crippen LogP contribution in [0.2, 0.25) is 0 Å². The molecule has 2 atom stereocenters. The second kappa shape index (κ2) is 9.70. The summed E-state index contributed by atoms with van der Waals surface area (Å²) in [5.74, 6) is 2.09. The molecule has 0 fully saturated rings. The zero-order valence-corrected chi connectivity index (χ0v) is 15.8. The lowest BCUT2D eigenvalue weighted by molar-refractivity contribution is -0.128. The Morgan fingerprint density at radius 1 is 1.04 bits per heavy atom. The Labute approximate surface area is 155 Å². The van der Waals surface area contributed by atoms with Crippen LogP contribution in [0.25, 0.3) is 0 Å². The Hall–Kier alpha value is -2.69. The number of amides is 1. The molecule has 0 unspecified atom stereocenters. The van der Waals surface area contributed by atoms with Gasteiger partial charge in [0.05, 0.1) is 13.2 Å². The SMILES string of the molecule is CCc1ccccc1O[C@H](C)C(=O)N[C@@H](C)COc1ccc(OC)cc1. The highest BCUT2D eigenvalue weighted by Crippen LogP contribution is 2.20. The standard InChI is InChI=1S/C21H27NO4/c1-5-17-8-6-7-9-20(17)26-16(3)21(23)22-15(2)14-25-19-12-10-18(24-4)11-13-19/h6-13,15-16H,5,14H2,1-4H3,(H,22,23)/t15-,16+/m0/s1. The van der Waals surface area contributed by atoms with Crippen molar-refractivity contribution in [2.45, 2.75) is 39.3 Å². The van der Waals surface area contributed by atoms with Gasteiger partial charge in [-0.1, -0.05) is 25.1 Å². The van der Waals surface area contributed by atoms with Crippen LogP contribution in [0.3, 0.4) is 0 Å². The van der Waals surface area contributed by atoms with E-state index in [-0.39, 0.29) is 11.9 Å². The van der Waals surface area contributed by atoms with Crippen LogP contribution in [0.5, 0.6) is 17.2 Å². The van der Waals surface area contributed by atoms with Crippen LogP contribution in [0, 0.1) is 0 Å². The molecule has 0 spiro atoms. The van der Waals surface area contributed by atoms with E-state index in [2.05, 4.69) is 12.2 Å². The summed E-state index contributed by atoms with van der Waals surface area (Å²) >= 11 is 0. The first-order valence-corrected chi connectivity index (χ1v) is 8.85. The third-order valence-electron chi connectivity index (χ3n) is 3.97. The largest absolute Gasteiger partial charge is 0.497 e. The molecule has 2 rings (SSSR count). The Morgan fingerprint density at radius 3 is 2.35 bits per heavy atom. The molecule has 0 aliphatic rings. The van der Waals surface area contributed by atoms with Gasteiger partial charge in [0.15, 0.2) is 6.10 Å². The van der Waals surface area contributed by atoms with Gasteiger partial charge in [0, 0.05) is 0 Å². The van der Waals surface area contributed by atoms with Gasteiger partial charge in [-0.25, -0.2) is 0 Å². The highest BCUT2D eigenvalue weighted by atomic mass is 16.5. The predicted molar refractivity (Wildman–Crippen MR) is 102 cm³/mol. The maximum Gasteiger partial charge on any atom is 0.261 e. The van der Waals surface area contributed by atoms with Crippen LogP contribution in [0.4, 0.5) is 0 Å². The summed E-state index contributed by atoms with van der Waals surface area (Å²) in [6.45, 7) is 6.08. The van der Waals surface area contributed by atoms with E-state index in [9.17, 15) is 4.79 Å². The van der Waals surface area contributed by atoms with Crippen molar-refractivity contribution in [3.05, 3.63) is 54.1 Å². The van der Waals surface area contributed by atoms with Crippen LogP contribution >= 0.6 is 0 Å². The van der Waals surface area contributed by atoms with E-state index in [1.54, 1.807) is 14.0 Å². The Bertz CT molecular complexity index is 699. The number of methoxy groups -OCH3 is 1. The molecule has 5 heteroatoms. The molecule has 2 aromatic carbocycles. The topological polar surface area (TPSA) is 56.8 Å². The lowest BCUT2D eigenvalue weighted by atomic mass is 10.1. The molecule has 0 aromatic heterocycles. The molecule has 1 amide bonds. The minimum absolute atomic E-state index is 0.142. The van der Waals surface area contributed by atoms with Gasteiger partial charge in [-0.3, -0.25) is 4.79 Å². The normalized spacial score (nSPS) is 12.8. The van der Waals surface area contributed by atoms with E-state index in [4.69, 9.17) is 14.2 Å². The van der Waals surface area contributed by atoms with E-state index in [0.717, 1.165) is 29.2 Å². The van der Waals surface area contributed by atoms with Crippen LogP contribution in [-0.2, 0) is 11.2 Å². The van der Waals surface area contributed by atoms with Gasteiger partial charge in [-0.05, 0) is 56.2 Å². The molecule has 5 nitrogen and oxygen atoms in total. The first kappa shape index (κ1) is 19.6. The number of aryl methyl sites for hydroxylation is 1. The lowest BCUT2D eigenvalue weighted by Crippen LogP contribution is -2.43. The fourth-order valence-electron chi connectivity index (χ4n) is 2.45. The van der Waals surface area contributed by atoms with E-state index in [1.807, 2.05) is 55.5 Å². The van der Waals surface area contributed by atoms with Crippen molar-refractivity contribution < 1.29 is 19.0 Å². The van der Waals surface area contributed by atoms with Crippen LogP contribution in [0.1, 0.15) is 26.3 Å². The molecule has 0 saturated carbocycles. The van der Waals surface area contributed by atoms with Crippen molar-refractivity contribution in [1.82, 2.24) is 5.32 Å². The van der Waals surface area contributed by atoms with Crippen LogP contribution < -0.4 is 19.5 Å². The summed E-state index contributed by atoms with van der Waals surface area (Å²) in [4.78, 5) is 12.3. The van der Waals surface area contributed by atoms with Gasteiger partial charge in [0.2, 0.25) is 0 Å². The number of hydrogen-bond acceptors (Lipinski definition) is 4. The summed E-state index contributed by atoms with van der Waals surface area (Å²) in [6, 6.07) is 15.0. The number of benzene rings is 2. The molecule has 26 heavy (non-hydrogen) atoms. The lowest BCUT2D eigenvalue weighted by Gasteiger charge is -2.20. The number of rotatable bonds is 9. The molecule has 0 aliphatic carbocycles. The monoisotopic (exact) mass is 357 g/mol. The summed E-state index contributed by atoms with van der Waals surface area (Å²) < 4.78 is 16.6. The number of ether oxygens (including phenoxy) is 3. The maximum atomic E-state index is 12.3. The summed E-state index contributed by atoms with van der Waals surface area (Å²) in [5, 5.41) is 2.92. The zero-order chi connectivity index (χ0) is 18.9. The molecular formula is C21H27NO4. The summed E-state index contributed by atoms with van der Waals surface area (Å²) in [6.07, 6.45) is 0.280. The average molecular weight is 357 g/mol. The van der Waals surface area contributed by atoms with E-state index in [0.29, 0.717) is 6.61 Å². The van der Waals surface area contributed by atoms with Crippen molar-refractivity contribution in [2.75, 3.05) is 13.7 Å². The first-order chi connectivity index (χ1) is 12.5. The van der Waals surface area contributed by atoms with Gasteiger partial charge >= 0.3 is 0 Å². The van der Waals surface area contributed by atoms with Gasteiger partial charge < -0.3 is 19.5 Å². The number of hydrogen-bond donors (Lipinski definition) is 1. The maximum absolute atomic E-state index is 12.3. The summed E-state index contributed by atoms with van der Waals surface area (Å²) in [7, 11) is 1.62. The number of carbonyl (C=O) groups excluding carboxylic acids is 1.